The zero-order valence-corrected chi connectivity index (χ0v) is 9.85. The molecular weight excluding hydrogens is 216 g/mol. The standard InChI is InChI=1S/C12H18N4O/c17-12-5-10(7-14-15-12)13-6-9-3-4-16(8-9)11-1-2-11/h5,7,9,11H,1-4,6,8H2,(H2,13,15,17). The Kier molecular flexibility index (Phi) is 2.84. The third-order valence-corrected chi connectivity index (χ3v) is 3.64. The molecule has 0 aromatic carbocycles. The predicted octanol–water partition coefficient (Wildman–Crippen LogP) is 0.666. The van der Waals surface area contributed by atoms with Crippen molar-refractivity contribution in [3.05, 3.63) is 22.6 Å². The summed E-state index contributed by atoms with van der Waals surface area (Å²) in [6, 6.07) is 2.43. The van der Waals surface area contributed by atoms with Crippen molar-refractivity contribution in [2.45, 2.75) is 25.3 Å². The Labute approximate surface area is 100 Å². The number of aromatic amines is 1. The van der Waals surface area contributed by atoms with E-state index in [-0.39, 0.29) is 5.56 Å². The fourth-order valence-electron chi connectivity index (χ4n) is 2.54. The second-order valence-corrected chi connectivity index (χ2v) is 5.10. The van der Waals surface area contributed by atoms with Gasteiger partial charge in [0.2, 0.25) is 0 Å². The summed E-state index contributed by atoms with van der Waals surface area (Å²) >= 11 is 0. The fraction of sp³-hybridized carbons (Fsp3) is 0.667. The molecule has 1 saturated carbocycles. The largest absolute Gasteiger partial charge is 0.383 e. The van der Waals surface area contributed by atoms with Crippen molar-refractivity contribution in [1.29, 1.82) is 0 Å². The van der Waals surface area contributed by atoms with Gasteiger partial charge >= 0.3 is 0 Å². The summed E-state index contributed by atoms with van der Waals surface area (Å²) in [6.45, 7) is 3.38. The molecule has 2 aliphatic rings. The topological polar surface area (TPSA) is 61.0 Å². The fourth-order valence-corrected chi connectivity index (χ4v) is 2.54. The first-order chi connectivity index (χ1) is 8.31. The quantitative estimate of drug-likeness (QED) is 0.803. The number of nitrogens with one attached hydrogen (secondary N) is 2. The van der Waals surface area contributed by atoms with E-state index in [1.165, 1.54) is 32.4 Å². The first-order valence-electron chi connectivity index (χ1n) is 6.34. The molecule has 2 fully saturated rings. The van der Waals surface area contributed by atoms with Crippen molar-refractivity contribution < 1.29 is 0 Å². The highest BCUT2D eigenvalue weighted by Gasteiger charge is 2.34. The molecule has 1 aliphatic carbocycles. The SMILES string of the molecule is O=c1cc(NCC2CCN(C3CC3)C2)cn[nH]1. The van der Waals surface area contributed by atoms with Crippen LogP contribution in [0.25, 0.3) is 0 Å². The maximum atomic E-state index is 11.1. The van der Waals surface area contributed by atoms with E-state index in [1.54, 1.807) is 12.3 Å². The van der Waals surface area contributed by atoms with Gasteiger partial charge in [-0.3, -0.25) is 4.79 Å². The molecule has 2 N–H and O–H groups in total. The lowest BCUT2D eigenvalue weighted by Gasteiger charge is -2.15. The van der Waals surface area contributed by atoms with Gasteiger partial charge in [-0.25, -0.2) is 5.10 Å². The summed E-state index contributed by atoms with van der Waals surface area (Å²) in [5.74, 6) is 0.704. The summed E-state index contributed by atoms with van der Waals surface area (Å²) in [5, 5.41) is 9.45. The van der Waals surface area contributed by atoms with Gasteiger partial charge in [-0.2, -0.15) is 5.10 Å². The highest BCUT2D eigenvalue weighted by Crippen LogP contribution is 2.31. The molecule has 1 atom stereocenters. The maximum absolute atomic E-state index is 11.1. The first-order valence-corrected chi connectivity index (χ1v) is 6.34. The van der Waals surface area contributed by atoms with Gasteiger partial charge in [0.15, 0.2) is 0 Å². The van der Waals surface area contributed by atoms with Crippen LogP contribution in [0.15, 0.2) is 17.1 Å². The zero-order chi connectivity index (χ0) is 11.7. The first kappa shape index (κ1) is 10.8. The van der Waals surface area contributed by atoms with Crippen LogP contribution in [0.2, 0.25) is 0 Å². The molecular formula is C12H18N4O. The molecule has 1 aliphatic heterocycles. The van der Waals surface area contributed by atoms with E-state index in [0.717, 1.165) is 18.3 Å². The molecule has 1 aromatic heterocycles. The second kappa shape index (κ2) is 4.49. The lowest BCUT2D eigenvalue weighted by Crippen LogP contribution is -2.25. The van der Waals surface area contributed by atoms with Crippen LogP contribution in [0.1, 0.15) is 19.3 Å². The number of H-pyrrole nitrogens is 1. The molecule has 17 heavy (non-hydrogen) atoms. The molecule has 0 amide bonds. The molecule has 1 saturated heterocycles. The smallest absolute Gasteiger partial charge is 0.266 e. The number of hydrogen-bond donors (Lipinski definition) is 2. The van der Waals surface area contributed by atoms with Crippen LogP contribution in [0, 0.1) is 5.92 Å². The van der Waals surface area contributed by atoms with Crippen LogP contribution >= 0.6 is 0 Å². The van der Waals surface area contributed by atoms with Gasteiger partial charge in [0.1, 0.15) is 0 Å². The van der Waals surface area contributed by atoms with Gasteiger partial charge < -0.3 is 10.2 Å². The van der Waals surface area contributed by atoms with Crippen molar-refractivity contribution in [2.24, 2.45) is 5.92 Å². The third kappa shape index (κ3) is 2.66. The van der Waals surface area contributed by atoms with Crippen molar-refractivity contribution in [3.63, 3.8) is 0 Å². The summed E-state index contributed by atoms with van der Waals surface area (Å²) in [5.41, 5.74) is 0.666. The van der Waals surface area contributed by atoms with Gasteiger partial charge in [-0.1, -0.05) is 0 Å². The normalized spacial score (nSPS) is 25.1. The van der Waals surface area contributed by atoms with E-state index in [0.29, 0.717) is 5.92 Å². The molecule has 0 spiro atoms. The minimum atomic E-state index is -0.152. The van der Waals surface area contributed by atoms with Crippen molar-refractivity contribution in [1.82, 2.24) is 15.1 Å². The average Bonchev–Trinajstić information content (AvgIpc) is 3.07. The Morgan fingerprint density at radius 1 is 1.47 bits per heavy atom. The number of aromatic nitrogens is 2. The second-order valence-electron chi connectivity index (χ2n) is 5.10. The van der Waals surface area contributed by atoms with E-state index in [1.807, 2.05) is 0 Å². The molecule has 2 heterocycles. The highest BCUT2D eigenvalue weighted by molar-refractivity contribution is 5.38. The number of nitrogens with zero attached hydrogens (tertiary/aromatic N) is 2. The van der Waals surface area contributed by atoms with Crippen molar-refractivity contribution in [2.75, 3.05) is 25.0 Å². The predicted molar refractivity (Wildman–Crippen MR) is 66.0 cm³/mol. The third-order valence-electron chi connectivity index (χ3n) is 3.64. The van der Waals surface area contributed by atoms with Crippen LogP contribution in [0.3, 0.4) is 0 Å². The average molecular weight is 234 g/mol. The van der Waals surface area contributed by atoms with E-state index in [2.05, 4.69) is 20.4 Å². The monoisotopic (exact) mass is 234 g/mol. The minimum absolute atomic E-state index is 0.152. The van der Waals surface area contributed by atoms with E-state index in [4.69, 9.17) is 0 Å². The molecule has 0 radical (unpaired) electrons. The lowest BCUT2D eigenvalue weighted by molar-refractivity contribution is 0.316. The number of hydrogen-bond acceptors (Lipinski definition) is 4. The Morgan fingerprint density at radius 2 is 2.35 bits per heavy atom. The summed E-state index contributed by atoms with van der Waals surface area (Å²) in [4.78, 5) is 13.7. The van der Waals surface area contributed by atoms with E-state index in [9.17, 15) is 4.79 Å². The number of anilines is 1. The Bertz CT molecular complexity index is 440. The molecule has 0 bridgehead atoms. The van der Waals surface area contributed by atoms with Crippen LogP contribution in [-0.4, -0.2) is 40.8 Å². The van der Waals surface area contributed by atoms with Gasteiger partial charge in [0.05, 0.1) is 11.9 Å². The highest BCUT2D eigenvalue weighted by atomic mass is 16.1. The number of rotatable bonds is 4. The summed E-state index contributed by atoms with van der Waals surface area (Å²) < 4.78 is 0. The van der Waals surface area contributed by atoms with Crippen molar-refractivity contribution >= 4 is 5.69 Å². The van der Waals surface area contributed by atoms with Gasteiger partial charge in [0, 0.05) is 25.2 Å². The molecule has 3 rings (SSSR count). The molecule has 1 aromatic rings. The maximum Gasteiger partial charge on any atom is 0.266 e. The van der Waals surface area contributed by atoms with E-state index < -0.39 is 0 Å². The van der Waals surface area contributed by atoms with Gasteiger partial charge in [0.25, 0.3) is 5.56 Å². The van der Waals surface area contributed by atoms with E-state index >= 15 is 0 Å². The Hall–Kier alpha value is -1.36. The number of likely N-dealkylation sites (tertiary alicyclic amines) is 1. The summed E-state index contributed by atoms with van der Waals surface area (Å²) in [6.07, 6.45) is 5.70. The van der Waals surface area contributed by atoms with Gasteiger partial charge in [-0.15, -0.1) is 0 Å². The zero-order valence-electron chi connectivity index (χ0n) is 9.85. The minimum Gasteiger partial charge on any atom is -0.383 e. The lowest BCUT2D eigenvalue weighted by atomic mass is 10.1. The summed E-state index contributed by atoms with van der Waals surface area (Å²) in [7, 11) is 0. The van der Waals surface area contributed by atoms with Crippen LogP contribution < -0.4 is 10.9 Å². The molecule has 5 heteroatoms. The molecule has 5 nitrogen and oxygen atoms in total. The van der Waals surface area contributed by atoms with Crippen LogP contribution in [0.5, 0.6) is 0 Å². The Morgan fingerprint density at radius 3 is 3.12 bits per heavy atom. The molecule has 1 unspecified atom stereocenters. The van der Waals surface area contributed by atoms with Crippen LogP contribution in [0.4, 0.5) is 5.69 Å². The van der Waals surface area contributed by atoms with Gasteiger partial charge in [-0.05, 0) is 31.7 Å². The van der Waals surface area contributed by atoms with Crippen LogP contribution in [-0.2, 0) is 0 Å². The van der Waals surface area contributed by atoms with Crippen molar-refractivity contribution in [3.8, 4) is 0 Å². The Balaban J connectivity index is 1.49. The molecule has 92 valence electrons.